The Morgan fingerprint density at radius 1 is 1.05 bits per heavy atom. The standard InChI is InChI=1S/C30H31F4N5O4/c1-16(2)23(36-24(40)20-14-19(30(32,33)34)5-7-21(20)31)25(41)39-11-9-29(10-12-39)27(43)38(4)26(42)28(29,3)18-6-8-22-17(13-18)15-35-37-22/h5-8,13-16,23H,9-12H2,1-4H3,(H,35,37)(H,36,40)/t23-,28?/m1/s1. The maximum atomic E-state index is 14.4. The third kappa shape index (κ3) is 4.74. The minimum Gasteiger partial charge on any atom is -0.341 e. The number of benzene rings is 2. The third-order valence-corrected chi connectivity index (χ3v) is 9.11. The molecule has 0 aliphatic carbocycles. The van der Waals surface area contributed by atoms with Gasteiger partial charge in [-0.05, 0) is 61.6 Å². The smallest absolute Gasteiger partial charge is 0.341 e. The second-order valence-corrected chi connectivity index (χ2v) is 11.8. The summed E-state index contributed by atoms with van der Waals surface area (Å²) in [6, 6.07) is 5.77. The van der Waals surface area contributed by atoms with Crippen molar-refractivity contribution in [1.29, 1.82) is 0 Å². The molecule has 9 nitrogen and oxygen atoms in total. The van der Waals surface area contributed by atoms with Crippen LogP contribution in [0.25, 0.3) is 10.9 Å². The number of nitrogens with zero attached hydrogens (tertiary/aromatic N) is 3. The molecule has 228 valence electrons. The van der Waals surface area contributed by atoms with E-state index < -0.39 is 57.7 Å². The average molecular weight is 602 g/mol. The van der Waals surface area contributed by atoms with Crippen LogP contribution in [0.15, 0.2) is 42.6 Å². The number of H-pyrrole nitrogens is 1. The van der Waals surface area contributed by atoms with Crippen molar-refractivity contribution in [3.8, 4) is 0 Å². The van der Waals surface area contributed by atoms with E-state index in [-0.39, 0.29) is 37.7 Å². The zero-order chi connectivity index (χ0) is 31.5. The highest BCUT2D eigenvalue weighted by molar-refractivity contribution is 6.12. The Morgan fingerprint density at radius 3 is 2.35 bits per heavy atom. The van der Waals surface area contributed by atoms with Gasteiger partial charge < -0.3 is 10.2 Å². The fraction of sp³-hybridized carbons (Fsp3) is 0.433. The summed E-state index contributed by atoms with van der Waals surface area (Å²) in [6.07, 6.45) is -2.83. The van der Waals surface area contributed by atoms with Gasteiger partial charge in [-0.15, -0.1) is 0 Å². The molecule has 2 atom stereocenters. The lowest BCUT2D eigenvalue weighted by Crippen LogP contribution is -2.57. The van der Waals surface area contributed by atoms with Crippen molar-refractivity contribution >= 4 is 34.5 Å². The van der Waals surface area contributed by atoms with Crippen molar-refractivity contribution in [2.24, 2.45) is 11.3 Å². The fourth-order valence-corrected chi connectivity index (χ4v) is 6.45. The minimum atomic E-state index is -4.79. The number of piperidine rings is 1. The van der Waals surface area contributed by atoms with Crippen molar-refractivity contribution in [3.05, 3.63) is 65.1 Å². The van der Waals surface area contributed by atoms with Crippen molar-refractivity contribution < 1.29 is 36.7 Å². The first-order valence-corrected chi connectivity index (χ1v) is 13.8. The number of fused-ring (bicyclic) bond motifs is 1. The van der Waals surface area contributed by atoms with Gasteiger partial charge >= 0.3 is 6.18 Å². The van der Waals surface area contributed by atoms with E-state index in [1.54, 1.807) is 39.1 Å². The molecule has 3 heterocycles. The van der Waals surface area contributed by atoms with Crippen molar-refractivity contribution in [2.75, 3.05) is 20.1 Å². The van der Waals surface area contributed by atoms with E-state index >= 15 is 0 Å². The SMILES string of the molecule is CC(C)[C@@H](NC(=O)c1cc(C(F)(F)F)ccc1F)C(=O)N1CCC2(CC1)C(=O)N(C)C(=O)C2(C)c1ccc2[nH]ncc2c1. The lowest BCUT2D eigenvalue weighted by molar-refractivity contribution is -0.145. The third-order valence-electron chi connectivity index (χ3n) is 9.11. The highest BCUT2D eigenvalue weighted by atomic mass is 19.4. The topological polar surface area (TPSA) is 115 Å². The molecule has 2 saturated heterocycles. The van der Waals surface area contributed by atoms with Gasteiger partial charge in [0.2, 0.25) is 17.7 Å². The highest BCUT2D eigenvalue weighted by Crippen LogP contribution is 2.55. The summed E-state index contributed by atoms with van der Waals surface area (Å²) in [5.41, 5.74) is -2.94. The number of aromatic amines is 1. The molecule has 13 heteroatoms. The van der Waals surface area contributed by atoms with E-state index in [0.29, 0.717) is 23.8 Å². The number of halogens is 4. The molecule has 0 bridgehead atoms. The number of likely N-dealkylation sites (N-methyl/N-ethyl adjacent to an activating group) is 1. The summed E-state index contributed by atoms with van der Waals surface area (Å²) >= 11 is 0. The summed E-state index contributed by atoms with van der Waals surface area (Å²) in [5.74, 6) is -4.00. The lowest BCUT2D eigenvalue weighted by Gasteiger charge is -2.46. The Morgan fingerprint density at radius 2 is 1.72 bits per heavy atom. The van der Waals surface area contributed by atoms with Crippen LogP contribution in [0.3, 0.4) is 0 Å². The Hall–Kier alpha value is -4.29. The van der Waals surface area contributed by atoms with Crippen LogP contribution in [0.1, 0.15) is 55.1 Å². The molecule has 1 aromatic heterocycles. The van der Waals surface area contributed by atoms with E-state index in [4.69, 9.17) is 0 Å². The van der Waals surface area contributed by atoms with Gasteiger partial charge in [-0.2, -0.15) is 18.3 Å². The van der Waals surface area contributed by atoms with Crippen LogP contribution in [0.5, 0.6) is 0 Å². The number of imide groups is 1. The Kier molecular flexibility index (Phi) is 7.34. The summed E-state index contributed by atoms with van der Waals surface area (Å²) in [4.78, 5) is 56.4. The molecule has 2 fully saturated rings. The van der Waals surface area contributed by atoms with Crippen LogP contribution in [0.2, 0.25) is 0 Å². The number of nitrogens with one attached hydrogen (secondary N) is 2. The largest absolute Gasteiger partial charge is 0.416 e. The zero-order valence-electron chi connectivity index (χ0n) is 24.0. The number of amides is 4. The highest BCUT2D eigenvalue weighted by Gasteiger charge is 2.67. The number of rotatable bonds is 5. The summed E-state index contributed by atoms with van der Waals surface area (Å²) < 4.78 is 53.9. The van der Waals surface area contributed by atoms with Gasteiger partial charge in [-0.3, -0.25) is 29.2 Å². The van der Waals surface area contributed by atoms with E-state index in [0.717, 1.165) is 15.8 Å². The first kappa shape index (κ1) is 30.2. The van der Waals surface area contributed by atoms with Gasteiger partial charge in [-0.25, -0.2) is 4.39 Å². The average Bonchev–Trinajstić information content (AvgIpc) is 3.49. The lowest BCUT2D eigenvalue weighted by atomic mass is 9.58. The van der Waals surface area contributed by atoms with E-state index in [2.05, 4.69) is 15.5 Å². The molecule has 2 N–H and O–H groups in total. The maximum Gasteiger partial charge on any atom is 0.416 e. The normalized spacial score (nSPS) is 21.2. The molecule has 1 unspecified atom stereocenters. The summed E-state index contributed by atoms with van der Waals surface area (Å²) in [5, 5.41) is 10.1. The van der Waals surface area contributed by atoms with Gasteiger partial charge in [0.15, 0.2) is 0 Å². The van der Waals surface area contributed by atoms with Crippen LogP contribution < -0.4 is 5.32 Å². The molecule has 43 heavy (non-hydrogen) atoms. The fourth-order valence-electron chi connectivity index (χ4n) is 6.45. The van der Waals surface area contributed by atoms with Crippen LogP contribution >= 0.6 is 0 Å². The number of alkyl halides is 3. The van der Waals surface area contributed by atoms with Crippen molar-refractivity contribution in [2.45, 2.75) is 51.2 Å². The quantitative estimate of drug-likeness (QED) is 0.339. The number of hydrogen-bond donors (Lipinski definition) is 2. The predicted octanol–water partition coefficient (Wildman–Crippen LogP) is 4.04. The van der Waals surface area contributed by atoms with Crippen LogP contribution in [0.4, 0.5) is 17.6 Å². The number of carbonyl (C=O) groups is 4. The second kappa shape index (κ2) is 10.5. The number of hydrogen-bond acceptors (Lipinski definition) is 5. The summed E-state index contributed by atoms with van der Waals surface area (Å²) in [6.45, 7) is 5.22. The molecule has 5 rings (SSSR count). The van der Waals surface area contributed by atoms with Crippen molar-refractivity contribution in [3.63, 3.8) is 0 Å². The molecule has 2 aromatic carbocycles. The predicted molar refractivity (Wildman–Crippen MR) is 147 cm³/mol. The van der Waals surface area contributed by atoms with Gasteiger partial charge in [-0.1, -0.05) is 19.9 Å². The Labute approximate surface area is 244 Å². The van der Waals surface area contributed by atoms with Gasteiger partial charge in [0.25, 0.3) is 5.91 Å². The molecule has 2 aliphatic rings. The number of aromatic nitrogens is 2. The number of likely N-dealkylation sites (tertiary alicyclic amines) is 2. The molecule has 4 amide bonds. The van der Waals surface area contributed by atoms with Crippen LogP contribution in [-0.2, 0) is 26.0 Å². The molecule has 3 aromatic rings. The van der Waals surface area contributed by atoms with E-state index in [1.807, 2.05) is 6.07 Å². The van der Waals surface area contributed by atoms with Crippen molar-refractivity contribution in [1.82, 2.24) is 25.3 Å². The van der Waals surface area contributed by atoms with Gasteiger partial charge in [0, 0.05) is 25.5 Å². The zero-order valence-corrected chi connectivity index (χ0v) is 24.0. The minimum absolute atomic E-state index is 0.0895. The molecule has 2 aliphatic heterocycles. The molecule has 1 spiro atoms. The Bertz CT molecular complexity index is 1630. The molecule has 0 radical (unpaired) electrons. The molecule has 0 saturated carbocycles. The van der Waals surface area contributed by atoms with Gasteiger partial charge in [0.1, 0.15) is 11.9 Å². The molecular weight excluding hydrogens is 570 g/mol. The monoisotopic (exact) mass is 601 g/mol. The first-order chi connectivity index (χ1) is 20.1. The Balaban J connectivity index is 1.38. The summed E-state index contributed by atoms with van der Waals surface area (Å²) in [7, 11) is 1.45. The number of carbonyl (C=O) groups excluding carboxylic acids is 4. The van der Waals surface area contributed by atoms with Crippen LogP contribution in [0, 0.1) is 17.2 Å². The van der Waals surface area contributed by atoms with E-state index in [1.165, 1.54) is 11.9 Å². The first-order valence-electron chi connectivity index (χ1n) is 13.8. The van der Waals surface area contributed by atoms with Crippen LogP contribution in [-0.4, -0.2) is 69.8 Å². The second-order valence-electron chi connectivity index (χ2n) is 11.8. The van der Waals surface area contributed by atoms with E-state index in [9.17, 15) is 36.7 Å². The molecular formula is C30H31F4N5O4. The maximum absolute atomic E-state index is 14.4. The van der Waals surface area contributed by atoms with Gasteiger partial charge in [0.05, 0.1) is 33.7 Å².